The number of aliphatic hydroxyl groups is 1. The van der Waals surface area contributed by atoms with E-state index >= 15 is 0 Å². The van der Waals surface area contributed by atoms with Crippen LogP contribution in [0, 0.1) is 17.6 Å². The van der Waals surface area contributed by atoms with E-state index in [9.17, 15) is 13.9 Å². The van der Waals surface area contributed by atoms with Crippen molar-refractivity contribution in [2.75, 3.05) is 0 Å². The minimum atomic E-state index is -1.05. The zero-order valence-electron chi connectivity index (χ0n) is 19.0. The van der Waals surface area contributed by atoms with Gasteiger partial charge in [0.05, 0.1) is 6.10 Å². The Morgan fingerprint density at radius 1 is 0.879 bits per heavy atom. The first kappa shape index (κ1) is 23.1. The number of allylic oxidation sites excluding steroid dienone is 3. The lowest BCUT2D eigenvalue weighted by atomic mass is 9.82. The Labute approximate surface area is 195 Å². The molecule has 1 nitrogen and oxygen atoms in total. The topological polar surface area (TPSA) is 20.2 Å². The van der Waals surface area contributed by atoms with E-state index in [0.717, 1.165) is 17.5 Å². The molecule has 0 radical (unpaired) electrons. The van der Waals surface area contributed by atoms with Gasteiger partial charge in [-0.05, 0) is 60.8 Å². The van der Waals surface area contributed by atoms with Gasteiger partial charge in [0.1, 0.15) is 0 Å². The molecule has 3 heteroatoms. The van der Waals surface area contributed by atoms with E-state index in [1.54, 1.807) is 12.1 Å². The van der Waals surface area contributed by atoms with Crippen molar-refractivity contribution in [2.45, 2.75) is 44.6 Å². The summed E-state index contributed by atoms with van der Waals surface area (Å²) in [6.45, 7) is 5.23. The Morgan fingerprint density at radius 2 is 1.52 bits per heavy atom. The van der Waals surface area contributed by atoms with E-state index in [1.165, 1.54) is 43.9 Å². The smallest absolute Gasteiger partial charge is 0.167 e. The molecule has 1 aliphatic rings. The highest BCUT2D eigenvalue weighted by atomic mass is 19.2. The number of hydrogen-bond acceptors (Lipinski definition) is 1. The number of benzene rings is 3. The van der Waals surface area contributed by atoms with Crippen molar-refractivity contribution in [1.29, 1.82) is 0 Å². The van der Waals surface area contributed by atoms with Gasteiger partial charge in [0.2, 0.25) is 0 Å². The van der Waals surface area contributed by atoms with Gasteiger partial charge in [-0.1, -0.05) is 78.9 Å². The van der Waals surface area contributed by atoms with Crippen molar-refractivity contribution < 1.29 is 13.9 Å². The van der Waals surface area contributed by atoms with Crippen LogP contribution in [0.1, 0.15) is 55.8 Å². The van der Waals surface area contributed by atoms with Gasteiger partial charge in [-0.2, -0.15) is 0 Å². The van der Waals surface area contributed by atoms with Crippen LogP contribution in [0.2, 0.25) is 0 Å². The summed E-state index contributed by atoms with van der Waals surface area (Å²) >= 11 is 0. The van der Waals surface area contributed by atoms with E-state index in [1.807, 2.05) is 18.2 Å². The summed E-state index contributed by atoms with van der Waals surface area (Å²) in [4.78, 5) is 0. The fourth-order valence-corrected chi connectivity index (χ4v) is 4.60. The Bertz CT molecular complexity index is 1130. The first-order valence-corrected chi connectivity index (χ1v) is 11.6. The maximum absolute atomic E-state index is 14.5. The SMILES string of the molecule is C=CCCC1C=CC(c2ccc(-c3ccc(-c4ccc(C(C)O)c(F)c4F)cc3)cc2)CC1. The first-order chi connectivity index (χ1) is 16.0. The molecule has 4 rings (SSSR count). The Balaban J connectivity index is 1.48. The van der Waals surface area contributed by atoms with Gasteiger partial charge < -0.3 is 5.11 Å². The molecule has 0 saturated heterocycles. The van der Waals surface area contributed by atoms with Crippen LogP contribution in [0.15, 0.2) is 85.5 Å². The molecule has 1 N–H and O–H groups in total. The summed E-state index contributed by atoms with van der Waals surface area (Å²) in [5, 5.41) is 9.58. The summed E-state index contributed by atoms with van der Waals surface area (Å²) in [6, 6.07) is 19.0. The molecule has 0 aromatic heterocycles. The predicted molar refractivity (Wildman–Crippen MR) is 132 cm³/mol. The fourth-order valence-electron chi connectivity index (χ4n) is 4.60. The molecule has 33 heavy (non-hydrogen) atoms. The molecule has 0 amide bonds. The molecule has 0 bridgehead atoms. The molecular formula is C30H30F2O. The third kappa shape index (κ3) is 5.15. The average Bonchev–Trinajstić information content (AvgIpc) is 2.85. The molecular weight excluding hydrogens is 414 g/mol. The molecule has 3 aromatic carbocycles. The lowest BCUT2D eigenvalue weighted by Gasteiger charge is -2.23. The van der Waals surface area contributed by atoms with Crippen LogP contribution in [-0.4, -0.2) is 5.11 Å². The molecule has 0 saturated carbocycles. The van der Waals surface area contributed by atoms with Crippen LogP contribution in [0.5, 0.6) is 0 Å². The van der Waals surface area contributed by atoms with E-state index in [-0.39, 0.29) is 11.1 Å². The number of rotatable bonds is 7. The van der Waals surface area contributed by atoms with Crippen LogP contribution in [0.4, 0.5) is 8.78 Å². The van der Waals surface area contributed by atoms with Crippen molar-refractivity contribution in [1.82, 2.24) is 0 Å². The number of halogens is 2. The minimum absolute atomic E-state index is 0.0342. The summed E-state index contributed by atoms with van der Waals surface area (Å²) in [5.74, 6) is -0.800. The van der Waals surface area contributed by atoms with Crippen LogP contribution in [0.3, 0.4) is 0 Å². The standard InChI is InChI=1S/C30H30F2O/c1-3-4-5-21-6-8-22(9-7-21)23-10-12-24(13-11-23)25-14-16-26(17-15-25)28-19-18-27(20(2)33)29(31)30(28)32/h3,6,8,10-22,33H,1,4-5,7,9H2,2H3. The third-order valence-corrected chi connectivity index (χ3v) is 6.64. The normalized spacial score (nSPS) is 18.8. The molecule has 0 fully saturated rings. The second kappa shape index (κ2) is 10.3. The van der Waals surface area contributed by atoms with Gasteiger partial charge in [-0.25, -0.2) is 8.78 Å². The Hall–Kier alpha value is -3.04. The Kier molecular flexibility index (Phi) is 7.20. The molecule has 3 unspecified atom stereocenters. The zero-order valence-corrected chi connectivity index (χ0v) is 19.0. The number of aliphatic hydroxyl groups excluding tert-OH is 1. The highest BCUT2D eigenvalue weighted by Gasteiger charge is 2.18. The van der Waals surface area contributed by atoms with Crippen molar-refractivity contribution >= 4 is 0 Å². The molecule has 170 valence electrons. The van der Waals surface area contributed by atoms with Crippen molar-refractivity contribution in [3.63, 3.8) is 0 Å². The molecule has 3 atom stereocenters. The van der Waals surface area contributed by atoms with Gasteiger partial charge in [0, 0.05) is 17.0 Å². The molecule has 3 aromatic rings. The largest absolute Gasteiger partial charge is 0.389 e. The maximum Gasteiger partial charge on any atom is 0.167 e. The lowest BCUT2D eigenvalue weighted by Crippen LogP contribution is -2.07. The average molecular weight is 445 g/mol. The minimum Gasteiger partial charge on any atom is -0.389 e. The summed E-state index contributed by atoms with van der Waals surface area (Å²) in [7, 11) is 0. The summed E-state index contributed by atoms with van der Waals surface area (Å²) in [5.41, 5.74) is 4.19. The van der Waals surface area contributed by atoms with Crippen molar-refractivity contribution in [3.05, 3.63) is 108 Å². The zero-order chi connectivity index (χ0) is 23.4. The molecule has 1 aliphatic carbocycles. The first-order valence-electron chi connectivity index (χ1n) is 11.6. The second-order valence-corrected chi connectivity index (χ2v) is 8.90. The highest BCUT2D eigenvalue weighted by Crippen LogP contribution is 2.34. The predicted octanol–water partition coefficient (Wildman–Crippen LogP) is 8.37. The van der Waals surface area contributed by atoms with Crippen LogP contribution in [-0.2, 0) is 0 Å². The van der Waals surface area contributed by atoms with Gasteiger partial charge in [-0.3, -0.25) is 0 Å². The van der Waals surface area contributed by atoms with Crippen LogP contribution >= 0.6 is 0 Å². The van der Waals surface area contributed by atoms with E-state index in [4.69, 9.17) is 0 Å². The highest BCUT2D eigenvalue weighted by molar-refractivity contribution is 5.71. The van der Waals surface area contributed by atoms with Gasteiger partial charge >= 0.3 is 0 Å². The summed E-state index contributed by atoms with van der Waals surface area (Å²) < 4.78 is 28.8. The molecule has 0 heterocycles. The third-order valence-electron chi connectivity index (χ3n) is 6.64. The Morgan fingerprint density at radius 3 is 2.09 bits per heavy atom. The molecule has 0 spiro atoms. The maximum atomic E-state index is 14.5. The fraction of sp³-hybridized carbons (Fsp3) is 0.267. The van der Waals surface area contributed by atoms with E-state index in [0.29, 0.717) is 17.4 Å². The van der Waals surface area contributed by atoms with E-state index < -0.39 is 17.7 Å². The molecule has 0 aliphatic heterocycles. The van der Waals surface area contributed by atoms with Crippen LogP contribution < -0.4 is 0 Å². The number of hydrogen-bond donors (Lipinski definition) is 1. The van der Waals surface area contributed by atoms with Gasteiger partial charge in [0.15, 0.2) is 11.6 Å². The van der Waals surface area contributed by atoms with E-state index in [2.05, 4.69) is 43.0 Å². The monoisotopic (exact) mass is 444 g/mol. The van der Waals surface area contributed by atoms with Crippen molar-refractivity contribution in [3.8, 4) is 22.3 Å². The summed E-state index contributed by atoms with van der Waals surface area (Å²) in [6.07, 6.45) is 10.3. The second-order valence-electron chi connectivity index (χ2n) is 8.90. The van der Waals surface area contributed by atoms with Gasteiger partial charge in [0.25, 0.3) is 0 Å². The lowest BCUT2D eigenvalue weighted by molar-refractivity contribution is 0.193. The van der Waals surface area contributed by atoms with Gasteiger partial charge in [-0.15, -0.1) is 6.58 Å². The van der Waals surface area contributed by atoms with Crippen LogP contribution in [0.25, 0.3) is 22.3 Å². The quantitative estimate of drug-likeness (QED) is 0.363. The van der Waals surface area contributed by atoms with Crippen molar-refractivity contribution in [2.24, 2.45) is 5.92 Å².